The van der Waals surface area contributed by atoms with Crippen molar-refractivity contribution in [3.8, 4) is 0 Å². The van der Waals surface area contributed by atoms with E-state index in [1.165, 1.54) is 0 Å². The number of nitrogens with zero attached hydrogens (tertiary/aromatic N) is 3. The summed E-state index contributed by atoms with van der Waals surface area (Å²) < 4.78 is 0. The van der Waals surface area contributed by atoms with Crippen molar-refractivity contribution in [1.29, 1.82) is 0 Å². The first-order valence-electron chi connectivity index (χ1n) is 6.34. The molecule has 0 amide bonds. The molecular formula is C12H21N5. The third-order valence-electron chi connectivity index (χ3n) is 3.02. The molecule has 0 aliphatic carbocycles. The average molecular weight is 235 g/mol. The van der Waals surface area contributed by atoms with Gasteiger partial charge in [0.25, 0.3) is 0 Å². The molecule has 0 bridgehead atoms. The van der Waals surface area contributed by atoms with Gasteiger partial charge in [0.05, 0.1) is 0 Å². The van der Waals surface area contributed by atoms with E-state index in [1.54, 1.807) is 6.33 Å². The zero-order valence-electron chi connectivity index (χ0n) is 10.7. The van der Waals surface area contributed by atoms with Crippen LogP contribution in [0, 0.1) is 6.92 Å². The van der Waals surface area contributed by atoms with E-state index in [9.17, 15) is 0 Å². The largest absolute Gasteiger partial charge is 0.370 e. The fourth-order valence-corrected chi connectivity index (χ4v) is 2.06. The van der Waals surface area contributed by atoms with Crippen LogP contribution in [0.1, 0.15) is 18.9 Å². The number of hydrogen-bond donors (Lipinski definition) is 2. The van der Waals surface area contributed by atoms with E-state index in [1.807, 2.05) is 0 Å². The number of hydrogen-bond acceptors (Lipinski definition) is 5. The molecule has 0 aromatic carbocycles. The maximum atomic E-state index is 4.42. The van der Waals surface area contributed by atoms with Crippen LogP contribution in [0.25, 0.3) is 0 Å². The molecule has 0 saturated carbocycles. The Balaban J connectivity index is 2.15. The third kappa shape index (κ3) is 2.85. The van der Waals surface area contributed by atoms with Crippen molar-refractivity contribution < 1.29 is 0 Å². The van der Waals surface area contributed by atoms with Gasteiger partial charge >= 0.3 is 0 Å². The van der Waals surface area contributed by atoms with Crippen LogP contribution in [0.5, 0.6) is 0 Å². The monoisotopic (exact) mass is 235 g/mol. The first kappa shape index (κ1) is 12.1. The van der Waals surface area contributed by atoms with Gasteiger partial charge < -0.3 is 15.5 Å². The Morgan fingerprint density at radius 2 is 2.12 bits per heavy atom. The second-order valence-electron chi connectivity index (χ2n) is 4.33. The summed E-state index contributed by atoms with van der Waals surface area (Å²) in [7, 11) is 0. The van der Waals surface area contributed by atoms with E-state index in [0.29, 0.717) is 0 Å². The van der Waals surface area contributed by atoms with Gasteiger partial charge in [-0.3, -0.25) is 0 Å². The Hall–Kier alpha value is -1.36. The van der Waals surface area contributed by atoms with Gasteiger partial charge in [0, 0.05) is 38.3 Å². The first-order valence-corrected chi connectivity index (χ1v) is 6.34. The van der Waals surface area contributed by atoms with Crippen LogP contribution in [-0.4, -0.2) is 42.7 Å². The highest BCUT2D eigenvalue weighted by molar-refractivity contribution is 5.58. The summed E-state index contributed by atoms with van der Waals surface area (Å²) in [5.41, 5.74) is 1.16. The molecule has 1 fully saturated rings. The number of nitrogens with one attached hydrogen (secondary N) is 2. The molecule has 0 spiro atoms. The number of rotatable bonds is 4. The molecule has 2 heterocycles. The molecule has 2 rings (SSSR count). The summed E-state index contributed by atoms with van der Waals surface area (Å²) in [5.74, 6) is 2.04. The quantitative estimate of drug-likeness (QED) is 0.816. The number of piperazine rings is 1. The van der Waals surface area contributed by atoms with Crippen LogP contribution in [0.3, 0.4) is 0 Å². The van der Waals surface area contributed by atoms with E-state index in [-0.39, 0.29) is 0 Å². The standard InChI is InChI=1S/C12H21N5/c1-3-4-14-11-10(2)12(16-9-15-11)17-7-5-13-6-8-17/h9,13H,3-8H2,1-2H3,(H,14,15,16). The molecule has 17 heavy (non-hydrogen) atoms. The van der Waals surface area contributed by atoms with Crippen molar-refractivity contribution in [3.63, 3.8) is 0 Å². The van der Waals surface area contributed by atoms with E-state index in [2.05, 4.69) is 39.3 Å². The van der Waals surface area contributed by atoms with Crippen LogP contribution in [0.2, 0.25) is 0 Å². The van der Waals surface area contributed by atoms with Gasteiger partial charge in [-0.05, 0) is 13.3 Å². The summed E-state index contributed by atoms with van der Waals surface area (Å²) in [6.45, 7) is 9.30. The van der Waals surface area contributed by atoms with Gasteiger partial charge in [-0.25, -0.2) is 9.97 Å². The number of aromatic nitrogens is 2. The zero-order valence-corrected chi connectivity index (χ0v) is 10.7. The molecule has 5 nitrogen and oxygen atoms in total. The summed E-state index contributed by atoms with van der Waals surface area (Å²) in [4.78, 5) is 11.0. The van der Waals surface area contributed by atoms with Crippen LogP contribution in [0.4, 0.5) is 11.6 Å². The number of anilines is 2. The lowest BCUT2D eigenvalue weighted by Crippen LogP contribution is -2.44. The minimum Gasteiger partial charge on any atom is -0.370 e. The Morgan fingerprint density at radius 1 is 1.35 bits per heavy atom. The van der Waals surface area contributed by atoms with Crippen LogP contribution < -0.4 is 15.5 Å². The van der Waals surface area contributed by atoms with Gasteiger partial charge in [-0.1, -0.05) is 6.92 Å². The second-order valence-corrected chi connectivity index (χ2v) is 4.33. The Kier molecular flexibility index (Phi) is 4.14. The highest BCUT2D eigenvalue weighted by atomic mass is 15.2. The van der Waals surface area contributed by atoms with Gasteiger partial charge in [0.15, 0.2) is 0 Å². The smallest absolute Gasteiger partial charge is 0.137 e. The second kappa shape index (κ2) is 5.82. The van der Waals surface area contributed by atoms with Crippen molar-refractivity contribution in [2.24, 2.45) is 0 Å². The lowest BCUT2D eigenvalue weighted by atomic mass is 10.2. The molecule has 2 N–H and O–H groups in total. The minimum absolute atomic E-state index is 0.957. The van der Waals surface area contributed by atoms with Gasteiger partial charge in [-0.15, -0.1) is 0 Å². The normalized spacial score (nSPS) is 16.0. The van der Waals surface area contributed by atoms with Crippen LogP contribution >= 0.6 is 0 Å². The van der Waals surface area contributed by atoms with Crippen molar-refractivity contribution in [2.75, 3.05) is 42.9 Å². The highest BCUT2D eigenvalue weighted by Crippen LogP contribution is 2.22. The molecule has 0 radical (unpaired) electrons. The van der Waals surface area contributed by atoms with Crippen LogP contribution in [-0.2, 0) is 0 Å². The molecule has 0 unspecified atom stereocenters. The van der Waals surface area contributed by atoms with Gasteiger partial charge in [0.2, 0.25) is 0 Å². The molecular weight excluding hydrogens is 214 g/mol. The molecule has 1 aromatic rings. The van der Waals surface area contributed by atoms with E-state index >= 15 is 0 Å². The summed E-state index contributed by atoms with van der Waals surface area (Å²) in [6.07, 6.45) is 2.76. The molecule has 1 aliphatic rings. The molecule has 0 atom stereocenters. The molecule has 5 heteroatoms. The van der Waals surface area contributed by atoms with Gasteiger partial charge in [0.1, 0.15) is 18.0 Å². The third-order valence-corrected chi connectivity index (χ3v) is 3.02. The van der Waals surface area contributed by atoms with E-state index < -0.39 is 0 Å². The van der Waals surface area contributed by atoms with Crippen molar-refractivity contribution in [2.45, 2.75) is 20.3 Å². The predicted molar refractivity (Wildman–Crippen MR) is 70.6 cm³/mol. The zero-order chi connectivity index (χ0) is 12.1. The van der Waals surface area contributed by atoms with E-state index in [0.717, 1.165) is 56.3 Å². The molecule has 1 aliphatic heterocycles. The molecule has 1 aromatic heterocycles. The predicted octanol–water partition coefficient (Wildman–Crippen LogP) is 1.02. The fraction of sp³-hybridized carbons (Fsp3) is 0.667. The molecule has 1 saturated heterocycles. The Morgan fingerprint density at radius 3 is 2.82 bits per heavy atom. The van der Waals surface area contributed by atoms with Gasteiger partial charge in [-0.2, -0.15) is 0 Å². The van der Waals surface area contributed by atoms with Crippen molar-refractivity contribution in [3.05, 3.63) is 11.9 Å². The van der Waals surface area contributed by atoms with Crippen LogP contribution in [0.15, 0.2) is 6.33 Å². The fourth-order valence-electron chi connectivity index (χ4n) is 2.06. The van der Waals surface area contributed by atoms with Crippen molar-refractivity contribution in [1.82, 2.24) is 15.3 Å². The first-order chi connectivity index (χ1) is 8.33. The summed E-state index contributed by atoms with van der Waals surface area (Å²) in [6, 6.07) is 0. The topological polar surface area (TPSA) is 53.1 Å². The van der Waals surface area contributed by atoms with E-state index in [4.69, 9.17) is 0 Å². The minimum atomic E-state index is 0.957. The Labute approximate surface area is 103 Å². The summed E-state index contributed by atoms with van der Waals surface area (Å²) in [5, 5.41) is 6.70. The maximum Gasteiger partial charge on any atom is 0.137 e. The Bertz CT molecular complexity index is 360. The average Bonchev–Trinajstić information content (AvgIpc) is 2.39. The highest BCUT2D eigenvalue weighted by Gasteiger charge is 2.15. The van der Waals surface area contributed by atoms with Crippen molar-refractivity contribution >= 4 is 11.6 Å². The molecule has 94 valence electrons. The summed E-state index contributed by atoms with van der Waals surface area (Å²) >= 11 is 0. The lowest BCUT2D eigenvalue weighted by molar-refractivity contribution is 0.583. The maximum absolute atomic E-state index is 4.42. The lowest BCUT2D eigenvalue weighted by Gasteiger charge is -2.29. The SMILES string of the molecule is CCCNc1ncnc(N2CCNCC2)c1C.